The fraction of sp³-hybridized carbons (Fsp3) is 0.130. The predicted molar refractivity (Wildman–Crippen MR) is 108 cm³/mol. The summed E-state index contributed by atoms with van der Waals surface area (Å²) in [5, 5.41) is 0. The quantitative estimate of drug-likeness (QED) is 0.587. The largest absolute Gasteiger partial charge is 0.456 e. The van der Waals surface area contributed by atoms with Gasteiger partial charge in [0.25, 0.3) is 5.91 Å². The highest BCUT2D eigenvalue weighted by molar-refractivity contribution is 5.99. The maximum Gasteiger partial charge on any atom is 0.342 e. The van der Waals surface area contributed by atoms with Gasteiger partial charge in [0.2, 0.25) is 0 Å². The van der Waals surface area contributed by atoms with Crippen molar-refractivity contribution in [1.29, 1.82) is 0 Å². The van der Waals surface area contributed by atoms with Crippen LogP contribution < -0.4 is 9.64 Å². The third-order valence-corrected chi connectivity index (χ3v) is 4.18. The van der Waals surface area contributed by atoms with Gasteiger partial charge in [0, 0.05) is 12.7 Å². The van der Waals surface area contributed by atoms with E-state index in [0.29, 0.717) is 11.5 Å². The molecule has 142 valence electrons. The molecule has 0 spiro atoms. The molecule has 0 saturated heterocycles. The molecule has 5 nitrogen and oxygen atoms in total. The number of ether oxygens (including phenoxy) is 2. The van der Waals surface area contributed by atoms with Crippen molar-refractivity contribution < 1.29 is 19.1 Å². The predicted octanol–water partition coefficient (Wildman–Crippen LogP) is 4.69. The van der Waals surface area contributed by atoms with Crippen molar-refractivity contribution in [3.8, 4) is 11.5 Å². The first kappa shape index (κ1) is 19.2. The van der Waals surface area contributed by atoms with E-state index >= 15 is 0 Å². The van der Waals surface area contributed by atoms with Gasteiger partial charge in [-0.15, -0.1) is 0 Å². The summed E-state index contributed by atoms with van der Waals surface area (Å²) in [6.45, 7) is 1.56. The number of likely N-dealkylation sites (N-methyl/N-ethyl adjacent to an activating group) is 1. The molecule has 1 atom stereocenters. The molecule has 1 amide bonds. The first-order valence-electron chi connectivity index (χ1n) is 8.92. The van der Waals surface area contributed by atoms with E-state index < -0.39 is 12.1 Å². The van der Waals surface area contributed by atoms with Gasteiger partial charge in [-0.05, 0) is 43.3 Å². The monoisotopic (exact) mass is 375 g/mol. The number of carbonyl (C=O) groups excluding carboxylic acids is 2. The molecular weight excluding hydrogens is 354 g/mol. The third-order valence-electron chi connectivity index (χ3n) is 4.18. The molecule has 3 aromatic carbocycles. The van der Waals surface area contributed by atoms with E-state index in [0.717, 1.165) is 5.69 Å². The smallest absolute Gasteiger partial charge is 0.342 e. The van der Waals surface area contributed by atoms with Gasteiger partial charge in [-0.25, -0.2) is 4.79 Å². The maximum absolute atomic E-state index is 12.7. The number of nitrogens with zero attached hydrogens (tertiary/aromatic N) is 1. The minimum absolute atomic E-state index is 0.258. The Morgan fingerprint density at radius 2 is 1.39 bits per heavy atom. The minimum Gasteiger partial charge on any atom is -0.456 e. The Morgan fingerprint density at radius 1 is 0.821 bits per heavy atom. The summed E-state index contributed by atoms with van der Waals surface area (Å²) in [6, 6.07) is 25.1. The molecule has 0 fully saturated rings. The second kappa shape index (κ2) is 8.86. The van der Waals surface area contributed by atoms with E-state index in [4.69, 9.17) is 9.47 Å². The molecule has 0 aromatic heterocycles. The highest BCUT2D eigenvalue weighted by Gasteiger charge is 2.24. The summed E-state index contributed by atoms with van der Waals surface area (Å²) in [4.78, 5) is 26.7. The number of anilines is 1. The number of hydrogen-bond donors (Lipinski definition) is 0. The van der Waals surface area contributed by atoms with Gasteiger partial charge in [-0.2, -0.15) is 0 Å². The lowest BCUT2D eigenvalue weighted by Gasteiger charge is -2.22. The number of benzene rings is 3. The van der Waals surface area contributed by atoms with E-state index in [9.17, 15) is 9.59 Å². The Labute approximate surface area is 164 Å². The Morgan fingerprint density at radius 3 is 2.07 bits per heavy atom. The molecule has 0 radical (unpaired) electrons. The topological polar surface area (TPSA) is 55.8 Å². The summed E-state index contributed by atoms with van der Waals surface area (Å²) < 4.78 is 11.2. The van der Waals surface area contributed by atoms with E-state index in [1.54, 1.807) is 50.4 Å². The van der Waals surface area contributed by atoms with Gasteiger partial charge in [0.15, 0.2) is 6.10 Å². The highest BCUT2D eigenvalue weighted by atomic mass is 16.5. The molecule has 5 heteroatoms. The van der Waals surface area contributed by atoms with Crippen LogP contribution >= 0.6 is 0 Å². The maximum atomic E-state index is 12.7. The van der Waals surface area contributed by atoms with Crippen LogP contribution in [-0.2, 0) is 9.53 Å². The average Bonchev–Trinajstić information content (AvgIpc) is 2.74. The van der Waals surface area contributed by atoms with Gasteiger partial charge in [0.05, 0.1) is 0 Å². The molecule has 0 aliphatic rings. The molecule has 0 bridgehead atoms. The normalized spacial score (nSPS) is 11.4. The summed E-state index contributed by atoms with van der Waals surface area (Å²) >= 11 is 0. The lowest BCUT2D eigenvalue weighted by Crippen LogP contribution is -2.37. The van der Waals surface area contributed by atoms with Gasteiger partial charge < -0.3 is 14.4 Å². The minimum atomic E-state index is -0.942. The number of carbonyl (C=O) groups is 2. The van der Waals surface area contributed by atoms with E-state index in [2.05, 4.69) is 0 Å². The van der Waals surface area contributed by atoms with Crippen molar-refractivity contribution in [1.82, 2.24) is 0 Å². The van der Waals surface area contributed by atoms with Crippen molar-refractivity contribution in [2.75, 3.05) is 11.9 Å². The summed E-state index contributed by atoms with van der Waals surface area (Å²) in [7, 11) is 1.65. The lowest BCUT2D eigenvalue weighted by molar-refractivity contribution is -0.126. The van der Waals surface area contributed by atoms with Crippen LogP contribution in [0.4, 0.5) is 5.69 Å². The fourth-order valence-electron chi connectivity index (χ4n) is 2.67. The van der Waals surface area contributed by atoms with Crippen molar-refractivity contribution in [3.63, 3.8) is 0 Å². The standard InChI is InChI=1S/C23H21NO4/c1-17(22(25)24(2)18-11-5-3-6-12-18)27-23(26)20-15-9-10-16-21(20)28-19-13-7-4-8-14-19/h3-17H,1-2H3/t17-/m0/s1. The number of esters is 1. The summed E-state index contributed by atoms with van der Waals surface area (Å²) in [5.74, 6) is 0.0419. The van der Waals surface area contributed by atoms with E-state index in [1.807, 2.05) is 48.5 Å². The first-order valence-corrected chi connectivity index (χ1v) is 8.92. The second-order valence-corrected chi connectivity index (χ2v) is 6.19. The number of amides is 1. The van der Waals surface area contributed by atoms with Crippen LogP contribution in [0, 0.1) is 0 Å². The molecule has 0 unspecified atom stereocenters. The molecule has 0 heterocycles. The fourth-order valence-corrected chi connectivity index (χ4v) is 2.67. The van der Waals surface area contributed by atoms with Crippen molar-refractivity contribution in [2.45, 2.75) is 13.0 Å². The Hall–Kier alpha value is -3.60. The van der Waals surface area contributed by atoms with E-state index in [-0.39, 0.29) is 11.5 Å². The van der Waals surface area contributed by atoms with Crippen LogP contribution in [0.1, 0.15) is 17.3 Å². The van der Waals surface area contributed by atoms with Crippen molar-refractivity contribution in [2.24, 2.45) is 0 Å². The first-order chi connectivity index (χ1) is 13.6. The zero-order chi connectivity index (χ0) is 19.9. The summed E-state index contributed by atoms with van der Waals surface area (Å²) in [5.41, 5.74) is 0.983. The Balaban J connectivity index is 1.71. The molecule has 28 heavy (non-hydrogen) atoms. The van der Waals surface area contributed by atoms with Crippen LogP contribution in [-0.4, -0.2) is 25.0 Å². The average molecular weight is 375 g/mol. The van der Waals surface area contributed by atoms with Gasteiger partial charge in [-0.1, -0.05) is 48.5 Å². The highest BCUT2D eigenvalue weighted by Crippen LogP contribution is 2.26. The SMILES string of the molecule is C[C@H](OC(=O)c1ccccc1Oc1ccccc1)C(=O)N(C)c1ccccc1. The summed E-state index contributed by atoms with van der Waals surface area (Å²) in [6.07, 6.45) is -0.942. The third kappa shape index (κ3) is 4.57. The molecule has 0 aliphatic heterocycles. The van der Waals surface area contributed by atoms with Crippen molar-refractivity contribution in [3.05, 3.63) is 90.5 Å². The Bertz CT molecular complexity index is 941. The van der Waals surface area contributed by atoms with Crippen LogP contribution in [0.15, 0.2) is 84.9 Å². The number of rotatable bonds is 6. The second-order valence-electron chi connectivity index (χ2n) is 6.19. The lowest BCUT2D eigenvalue weighted by atomic mass is 10.2. The van der Waals surface area contributed by atoms with Crippen LogP contribution in [0.25, 0.3) is 0 Å². The van der Waals surface area contributed by atoms with Crippen molar-refractivity contribution >= 4 is 17.6 Å². The number of hydrogen-bond acceptors (Lipinski definition) is 4. The van der Waals surface area contributed by atoms with Gasteiger partial charge >= 0.3 is 5.97 Å². The van der Waals surface area contributed by atoms with E-state index in [1.165, 1.54) is 4.90 Å². The zero-order valence-corrected chi connectivity index (χ0v) is 15.7. The van der Waals surface area contributed by atoms with Crippen LogP contribution in [0.5, 0.6) is 11.5 Å². The zero-order valence-electron chi connectivity index (χ0n) is 15.7. The Kier molecular flexibility index (Phi) is 6.07. The van der Waals surface area contributed by atoms with Gasteiger partial charge in [-0.3, -0.25) is 4.79 Å². The molecular formula is C23H21NO4. The van der Waals surface area contributed by atoms with Gasteiger partial charge in [0.1, 0.15) is 17.1 Å². The molecule has 3 aromatic rings. The van der Waals surface area contributed by atoms with Crippen LogP contribution in [0.2, 0.25) is 0 Å². The molecule has 3 rings (SSSR count). The molecule has 0 N–H and O–H groups in total. The number of para-hydroxylation sites is 3. The molecule has 0 saturated carbocycles. The van der Waals surface area contributed by atoms with Crippen LogP contribution in [0.3, 0.4) is 0 Å². The molecule has 0 aliphatic carbocycles.